The zero-order chi connectivity index (χ0) is 16.4. The van der Waals surface area contributed by atoms with Gasteiger partial charge in [0.15, 0.2) is 9.84 Å². The van der Waals surface area contributed by atoms with E-state index in [9.17, 15) is 13.2 Å². The number of amides is 1. The molecule has 1 aliphatic heterocycles. The number of aromatic amines is 1. The Kier molecular flexibility index (Phi) is 4.09. The second-order valence-corrected chi connectivity index (χ2v) is 7.12. The summed E-state index contributed by atoms with van der Waals surface area (Å²) in [5.74, 6) is -0.284. The number of rotatable bonds is 3. The lowest BCUT2D eigenvalue weighted by Gasteiger charge is -2.35. The van der Waals surface area contributed by atoms with Crippen LogP contribution >= 0.6 is 0 Å². The topological polar surface area (TPSA) is 118 Å². The summed E-state index contributed by atoms with van der Waals surface area (Å²) >= 11 is 0. The molecule has 122 valence electrons. The molecular formula is C13H15N5O4S. The Bertz CT molecular complexity index is 805. The van der Waals surface area contributed by atoms with Gasteiger partial charge in [-0.05, 0) is 0 Å². The first-order valence-corrected chi connectivity index (χ1v) is 8.74. The molecule has 23 heavy (non-hydrogen) atoms. The Labute approximate surface area is 132 Å². The van der Waals surface area contributed by atoms with E-state index < -0.39 is 15.9 Å². The van der Waals surface area contributed by atoms with Crippen molar-refractivity contribution in [3.05, 3.63) is 36.2 Å². The molecule has 0 aliphatic carbocycles. The minimum absolute atomic E-state index is 0.0649. The minimum atomic E-state index is -3.47. The van der Waals surface area contributed by atoms with Crippen molar-refractivity contribution in [3.8, 4) is 0 Å². The van der Waals surface area contributed by atoms with E-state index >= 15 is 0 Å². The maximum Gasteiger partial charge on any atom is 0.257 e. The summed E-state index contributed by atoms with van der Waals surface area (Å²) in [6.45, 7) is 0.892. The van der Waals surface area contributed by atoms with Crippen molar-refractivity contribution in [3.63, 3.8) is 0 Å². The molecule has 0 spiro atoms. The van der Waals surface area contributed by atoms with Crippen molar-refractivity contribution in [2.24, 2.45) is 0 Å². The fourth-order valence-corrected chi connectivity index (χ4v) is 3.31. The van der Waals surface area contributed by atoms with Crippen molar-refractivity contribution in [2.75, 3.05) is 26.0 Å². The van der Waals surface area contributed by atoms with Crippen molar-refractivity contribution < 1.29 is 17.9 Å². The molecule has 3 rings (SSSR count). The number of morpholine rings is 1. The summed E-state index contributed by atoms with van der Waals surface area (Å²) in [7, 11) is -3.47. The summed E-state index contributed by atoms with van der Waals surface area (Å²) in [6, 6.07) is -0.566. The van der Waals surface area contributed by atoms with Gasteiger partial charge in [0, 0.05) is 25.2 Å². The molecule has 9 nitrogen and oxygen atoms in total. The van der Waals surface area contributed by atoms with E-state index in [-0.39, 0.29) is 17.4 Å². The highest BCUT2D eigenvalue weighted by atomic mass is 32.2. The number of nitrogens with one attached hydrogen (secondary N) is 1. The number of carbonyl (C=O) groups is 1. The Morgan fingerprint density at radius 2 is 2.09 bits per heavy atom. The van der Waals surface area contributed by atoms with Gasteiger partial charge < -0.3 is 9.64 Å². The molecule has 1 N–H and O–H groups in total. The monoisotopic (exact) mass is 337 g/mol. The van der Waals surface area contributed by atoms with Gasteiger partial charge in [-0.2, -0.15) is 5.10 Å². The van der Waals surface area contributed by atoms with Crippen LogP contribution in [0.25, 0.3) is 0 Å². The van der Waals surface area contributed by atoms with Gasteiger partial charge in [-0.25, -0.2) is 18.4 Å². The maximum atomic E-state index is 12.7. The second-order valence-electron chi connectivity index (χ2n) is 5.14. The molecule has 0 bridgehead atoms. The van der Waals surface area contributed by atoms with Crippen LogP contribution in [0.1, 0.15) is 22.1 Å². The molecule has 3 heterocycles. The number of H-pyrrole nitrogens is 1. The van der Waals surface area contributed by atoms with Crippen LogP contribution in [0.5, 0.6) is 0 Å². The number of aromatic nitrogens is 4. The second kappa shape index (κ2) is 6.05. The molecular weight excluding hydrogens is 322 g/mol. The molecule has 1 atom stereocenters. The van der Waals surface area contributed by atoms with Gasteiger partial charge in [0.25, 0.3) is 5.91 Å². The molecule has 1 saturated heterocycles. The highest BCUT2D eigenvalue weighted by molar-refractivity contribution is 7.90. The van der Waals surface area contributed by atoms with Gasteiger partial charge in [0.1, 0.15) is 11.2 Å². The van der Waals surface area contributed by atoms with Gasteiger partial charge in [-0.15, -0.1) is 0 Å². The molecule has 10 heteroatoms. The van der Waals surface area contributed by atoms with Gasteiger partial charge in [0.2, 0.25) is 0 Å². The average molecular weight is 337 g/mol. The fourth-order valence-electron chi connectivity index (χ4n) is 2.48. The van der Waals surface area contributed by atoms with E-state index in [0.717, 1.165) is 6.26 Å². The molecule has 2 aromatic rings. The first kappa shape index (κ1) is 15.6. The molecule has 0 saturated carbocycles. The van der Waals surface area contributed by atoms with E-state index in [0.29, 0.717) is 24.4 Å². The van der Waals surface area contributed by atoms with Crippen LogP contribution in [0, 0.1) is 0 Å². The predicted molar refractivity (Wildman–Crippen MR) is 78.3 cm³/mol. The highest BCUT2D eigenvalue weighted by Gasteiger charge is 2.34. The third kappa shape index (κ3) is 3.08. The van der Waals surface area contributed by atoms with Crippen LogP contribution < -0.4 is 0 Å². The standard InChI is InChI=1S/C13H15N5O4S/c1-23(20,21)11-6-16-17-12(11)10-7-22-3-2-18(10)13(19)9-4-14-8-15-5-9/h4-6,8,10H,2-3,7H2,1H3,(H,16,17)/t10-/m1/s1. The minimum Gasteiger partial charge on any atom is -0.377 e. The van der Waals surface area contributed by atoms with E-state index in [1.165, 1.54) is 24.9 Å². The van der Waals surface area contributed by atoms with Crippen molar-refractivity contribution in [1.29, 1.82) is 0 Å². The fraction of sp³-hybridized carbons (Fsp3) is 0.385. The van der Waals surface area contributed by atoms with Crippen LogP contribution in [-0.2, 0) is 14.6 Å². The Hall–Kier alpha value is -2.33. The third-order valence-electron chi connectivity index (χ3n) is 3.56. The Morgan fingerprint density at radius 3 is 2.78 bits per heavy atom. The lowest BCUT2D eigenvalue weighted by Crippen LogP contribution is -2.44. The first-order valence-electron chi connectivity index (χ1n) is 6.85. The summed E-state index contributed by atoms with van der Waals surface area (Å²) in [5, 5.41) is 6.49. The van der Waals surface area contributed by atoms with E-state index in [2.05, 4.69) is 20.2 Å². The highest BCUT2D eigenvalue weighted by Crippen LogP contribution is 2.28. The molecule has 0 unspecified atom stereocenters. The summed E-state index contributed by atoms with van der Waals surface area (Å²) in [6.07, 6.45) is 6.53. The molecule has 0 aromatic carbocycles. The van der Waals surface area contributed by atoms with Crippen molar-refractivity contribution in [2.45, 2.75) is 10.9 Å². The number of hydrogen-bond donors (Lipinski definition) is 1. The Balaban J connectivity index is 1.97. The Morgan fingerprint density at radius 1 is 1.35 bits per heavy atom. The number of carbonyl (C=O) groups excluding carboxylic acids is 1. The molecule has 1 fully saturated rings. The average Bonchev–Trinajstić information content (AvgIpc) is 3.05. The summed E-state index contributed by atoms with van der Waals surface area (Å²) in [5.41, 5.74) is 0.678. The van der Waals surface area contributed by atoms with Crippen LogP contribution in [-0.4, -0.2) is 65.4 Å². The number of hydrogen-bond acceptors (Lipinski definition) is 7. The van der Waals surface area contributed by atoms with Gasteiger partial charge in [0.05, 0.1) is 36.7 Å². The van der Waals surface area contributed by atoms with Gasteiger partial charge in [-0.3, -0.25) is 9.89 Å². The van der Waals surface area contributed by atoms with Gasteiger partial charge >= 0.3 is 0 Å². The summed E-state index contributed by atoms with van der Waals surface area (Å²) in [4.78, 5) is 22.0. The van der Waals surface area contributed by atoms with Gasteiger partial charge in [-0.1, -0.05) is 0 Å². The lowest BCUT2D eigenvalue weighted by atomic mass is 10.1. The van der Waals surface area contributed by atoms with E-state index in [1.807, 2.05) is 0 Å². The largest absolute Gasteiger partial charge is 0.377 e. The lowest BCUT2D eigenvalue weighted by molar-refractivity contribution is -0.00472. The number of sulfone groups is 1. The molecule has 0 radical (unpaired) electrons. The molecule has 2 aromatic heterocycles. The van der Waals surface area contributed by atoms with E-state index in [1.54, 1.807) is 4.90 Å². The molecule has 1 aliphatic rings. The van der Waals surface area contributed by atoms with E-state index in [4.69, 9.17) is 4.74 Å². The maximum absolute atomic E-state index is 12.7. The quantitative estimate of drug-likeness (QED) is 0.825. The van der Waals surface area contributed by atoms with Crippen molar-refractivity contribution in [1.82, 2.24) is 25.1 Å². The number of nitrogens with zero attached hydrogens (tertiary/aromatic N) is 4. The summed E-state index contributed by atoms with van der Waals surface area (Å²) < 4.78 is 29.2. The van der Waals surface area contributed by atoms with Crippen LogP contribution in [0.15, 0.2) is 29.8 Å². The molecule has 1 amide bonds. The third-order valence-corrected chi connectivity index (χ3v) is 4.69. The zero-order valence-electron chi connectivity index (χ0n) is 12.3. The SMILES string of the molecule is CS(=O)(=O)c1cn[nH]c1[C@H]1COCCN1C(=O)c1cncnc1. The smallest absolute Gasteiger partial charge is 0.257 e. The van der Waals surface area contributed by atoms with Crippen LogP contribution in [0.2, 0.25) is 0 Å². The van der Waals surface area contributed by atoms with Crippen LogP contribution in [0.3, 0.4) is 0 Å². The van der Waals surface area contributed by atoms with Crippen molar-refractivity contribution >= 4 is 15.7 Å². The number of ether oxygens (including phenoxy) is 1. The normalized spacial score (nSPS) is 18.8. The van der Waals surface area contributed by atoms with Crippen LogP contribution in [0.4, 0.5) is 0 Å². The zero-order valence-corrected chi connectivity index (χ0v) is 13.2. The first-order chi connectivity index (χ1) is 11.0. The predicted octanol–water partition coefficient (Wildman–Crippen LogP) is -0.183.